The van der Waals surface area contributed by atoms with Crippen LogP contribution in [-0.2, 0) is 0 Å². The molecule has 0 aliphatic carbocycles. The van der Waals surface area contributed by atoms with Gasteiger partial charge in [-0.3, -0.25) is 5.32 Å². The molecule has 0 aliphatic rings. The third-order valence-electron chi connectivity index (χ3n) is 2.99. The molecule has 0 spiro atoms. The van der Waals surface area contributed by atoms with Crippen molar-refractivity contribution < 1.29 is 9.90 Å². The van der Waals surface area contributed by atoms with Crippen molar-refractivity contribution in [2.24, 2.45) is 0 Å². The molecule has 0 saturated carbocycles. The molecule has 112 valence electrons. The number of nitrogens with zero attached hydrogens (tertiary/aromatic N) is 1. The smallest absolute Gasteiger partial charge is 0.320 e. The molecule has 0 bridgehead atoms. The molecule has 5 nitrogen and oxygen atoms in total. The summed E-state index contributed by atoms with van der Waals surface area (Å²) in [6.07, 6.45) is 1.43. The molecule has 1 atom stereocenters. The molecule has 1 heterocycles. The fourth-order valence-electron chi connectivity index (χ4n) is 1.92. The van der Waals surface area contributed by atoms with Crippen molar-refractivity contribution in [2.75, 3.05) is 11.9 Å². The van der Waals surface area contributed by atoms with Crippen LogP contribution in [0.2, 0.25) is 0 Å². The SMILES string of the molecule is CC(CCCO)NC(=O)Nc1cc(-c2ccccc2)ns1. The normalized spacial score (nSPS) is 11.9. The average Bonchev–Trinajstić information content (AvgIpc) is 2.94. The van der Waals surface area contributed by atoms with Gasteiger partial charge in [0.05, 0.1) is 5.69 Å². The van der Waals surface area contributed by atoms with Crippen molar-refractivity contribution in [3.8, 4) is 11.3 Å². The lowest BCUT2D eigenvalue weighted by atomic mass is 10.2. The number of nitrogens with one attached hydrogen (secondary N) is 2. The van der Waals surface area contributed by atoms with Gasteiger partial charge in [0, 0.05) is 24.3 Å². The summed E-state index contributed by atoms with van der Waals surface area (Å²) in [4.78, 5) is 11.8. The van der Waals surface area contributed by atoms with E-state index in [0.717, 1.165) is 17.7 Å². The number of amides is 2. The van der Waals surface area contributed by atoms with E-state index in [-0.39, 0.29) is 18.7 Å². The Labute approximate surface area is 128 Å². The zero-order valence-corrected chi connectivity index (χ0v) is 12.7. The minimum atomic E-state index is -0.247. The summed E-state index contributed by atoms with van der Waals surface area (Å²) in [7, 11) is 0. The molecule has 0 aliphatic heterocycles. The van der Waals surface area contributed by atoms with Gasteiger partial charge in [-0.15, -0.1) is 0 Å². The molecule has 6 heteroatoms. The number of aliphatic hydroxyl groups is 1. The molecule has 1 aromatic heterocycles. The van der Waals surface area contributed by atoms with Crippen LogP contribution in [0.1, 0.15) is 19.8 Å². The van der Waals surface area contributed by atoms with Crippen LogP contribution in [-0.4, -0.2) is 28.2 Å². The van der Waals surface area contributed by atoms with Crippen LogP contribution < -0.4 is 10.6 Å². The van der Waals surface area contributed by atoms with E-state index in [4.69, 9.17) is 5.11 Å². The number of hydrogen-bond acceptors (Lipinski definition) is 4. The Bertz CT molecular complexity index is 571. The van der Waals surface area contributed by atoms with Crippen LogP contribution in [0, 0.1) is 0 Å². The Kier molecular flexibility index (Phi) is 5.71. The van der Waals surface area contributed by atoms with Gasteiger partial charge in [-0.1, -0.05) is 30.3 Å². The molecule has 1 unspecified atom stereocenters. The van der Waals surface area contributed by atoms with Crippen LogP contribution in [0.15, 0.2) is 36.4 Å². The molecule has 1 aromatic carbocycles. The Morgan fingerprint density at radius 2 is 2.14 bits per heavy atom. The van der Waals surface area contributed by atoms with Gasteiger partial charge in [-0.25, -0.2) is 4.79 Å². The summed E-state index contributed by atoms with van der Waals surface area (Å²) in [6, 6.07) is 11.5. The van der Waals surface area contributed by atoms with E-state index in [1.165, 1.54) is 11.5 Å². The first kappa shape index (κ1) is 15.5. The van der Waals surface area contributed by atoms with Crippen LogP contribution in [0.4, 0.5) is 9.80 Å². The van der Waals surface area contributed by atoms with Crippen molar-refractivity contribution >= 4 is 22.6 Å². The molecular formula is C15H19N3O2S. The van der Waals surface area contributed by atoms with E-state index in [1.54, 1.807) is 0 Å². The minimum absolute atomic E-state index is 0.0265. The van der Waals surface area contributed by atoms with E-state index in [2.05, 4.69) is 15.0 Å². The van der Waals surface area contributed by atoms with Gasteiger partial charge >= 0.3 is 6.03 Å². The standard InChI is InChI=1S/C15H19N3O2S/c1-11(6-5-9-19)16-15(20)17-14-10-13(18-21-14)12-7-3-2-4-8-12/h2-4,7-8,10-11,19H,5-6,9H2,1H3,(H2,16,17,20). The number of aliphatic hydroxyl groups excluding tert-OH is 1. The van der Waals surface area contributed by atoms with Crippen LogP contribution >= 0.6 is 11.5 Å². The molecule has 2 amide bonds. The highest BCUT2D eigenvalue weighted by Crippen LogP contribution is 2.24. The second-order valence-electron chi connectivity index (χ2n) is 4.81. The number of anilines is 1. The first-order valence-corrected chi connectivity index (χ1v) is 7.67. The summed E-state index contributed by atoms with van der Waals surface area (Å²) in [5.74, 6) is 0. The molecule has 21 heavy (non-hydrogen) atoms. The van der Waals surface area contributed by atoms with Crippen LogP contribution in [0.5, 0.6) is 0 Å². The second kappa shape index (κ2) is 7.75. The van der Waals surface area contributed by atoms with E-state index in [0.29, 0.717) is 11.4 Å². The number of carbonyl (C=O) groups excluding carboxylic acids is 1. The Morgan fingerprint density at radius 3 is 2.86 bits per heavy atom. The summed E-state index contributed by atoms with van der Waals surface area (Å²) in [6.45, 7) is 2.06. The first-order chi connectivity index (χ1) is 10.2. The van der Waals surface area contributed by atoms with E-state index in [1.807, 2.05) is 43.3 Å². The van der Waals surface area contributed by atoms with Crippen molar-refractivity contribution in [1.82, 2.24) is 9.69 Å². The van der Waals surface area contributed by atoms with Gasteiger partial charge in [0.25, 0.3) is 0 Å². The number of aromatic nitrogens is 1. The number of urea groups is 1. The lowest BCUT2D eigenvalue weighted by molar-refractivity contribution is 0.245. The lowest BCUT2D eigenvalue weighted by Crippen LogP contribution is -2.35. The summed E-state index contributed by atoms with van der Waals surface area (Å²) in [5, 5.41) is 15.1. The fourth-order valence-corrected chi connectivity index (χ4v) is 2.58. The van der Waals surface area contributed by atoms with Gasteiger partial charge < -0.3 is 10.4 Å². The second-order valence-corrected chi connectivity index (χ2v) is 5.61. The monoisotopic (exact) mass is 305 g/mol. The maximum atomic E-state index is 11.8. The summed E-state index contributed by atoms with van der Waals surface area (Å²) < 4.78 is 4.33. The van der Waals surface area contributed by atoms with Gasteiger partial charge in [-0.2, -0.15) is 4.37 Å². The third-order valence-corrected chi connectivity index (χ3v) is 3.69. The quantitative estimate of drug-likeness (QED) is 0.767. The number of benzene rings is 1. The van der Waals surface area contributed by atoms with Gasteiger partial charge in [0.15, 0.2) is 0 Å². The molecule has 0 saturated heterocycles. The summed E-state index contributed by atoms with van der Waals surface area (Å²) in [5.41, 5.74) is 1.88. The Morgan fingerprint density at radius 1 is 1.38 bits per heavy atom. The molecule has 2 rings (SSSR count). The topological polar surface area (TPSA) is 74.2 Å². The predicted molar refractivity (Wildman–Crippen MR) is 85.5 cm³/mol. The van der Waals surface area contributed by atoms with E-state index >= 15 is 0 Å². The number of carbonyl (C=O) groups is 1. The first-order valence-electron chi connectivity index (χ1n) is 6.89. The fraction of sp³-hybridized carbons (Fsp3) is 0.333. The van der Waals surface area contributed by atoms with Gasteiger partial charge in [0.1, 0.15) is 5.00 Å². The van der Waals surface area contributed by atoms with Crippen molar-refractivity contribution in [1.29, 1.82) is 0 Å². The third kappa shape index (κ3) is 4.84. The highest BCUT2D eigenvalue weighted by atomic mass is 32.1. The zero-order valence-electron chi connectivity index (χ0n) is 11.9. The highest BCUT2D eigenvalue weighted by Gasteiger charge is 2.10. The largest absolute Gasteiger partial charge is 0.396 e. The zero-order chi connectivity index (χ0) is 15.1. The van der Waals surface area contributed by atoms with Gasteiger partial charge in [-0.05, 0) is 31.3 Å². The van der Waals surface area contributed by atoms with Crippen LogP contribution in [0.3, 0.4) is 0 Å². The van der Waals surface area contributed by atoms with E-state index in [9.17, 15) is 4.79 Å². The van der Waals surface area contributed by atoms with Gasteiger partial charge in [0.2, 0.25) is 0 Å². The summed E-state index contributed by atoms with van der Waals surface area (Å²) >= 11 is 1.26. The lowest BCUT2D eigenvalue weighted by Gasteiger charge is -2.12. The molecular weight excluding hydrogens is 286 g/mol. The predicted octanol–water partition coefficient (Wildman–Crippen LogP) is 3.09. The number of rotatable bonds is 6. The van der Waals surface area contributed by atoms with Crippen molar-refractivity contribution in [3.63, 3.8) is 0 Å². The highest BCUT2D eigenvalue weighted by molar-refractivity contribution is 7.10. The molecule has 2 aromatic rings. The van der Waals surface area contributed by atoms with Crippen molar-refractivity contribution in [2.45, 2.75) is 25.8 Å². The van der Waals surface area contributed by atoms with E-state index < -0.39 is 0 Å². The Balaban J connectivity index is 1.89. The maximum absolute atomic E-state index is 11.8. The molecule has 3 N–H and O–H groups in total. The Hall–Kier alpha value is -1.92. The number of hydrogen-bond donors (Lipinski definition) is 3. The van der Waals surface area contributed by atoms with Crippen LogP contribution in [0.25, 0.3) is 11.3 Å². The average molecular weight is 305 g/mol. The molecule has 0 fully saturated rings. The van der Waals surface area contributed by atoms with Crippen molar-refractivity contribution in [3.05, 3.63) is 36.4 Å². The molecule has 0 radical (unpaired) electrons. The maximum Gasteiger partial charge on any atom is 0.320 e. The minimum Gasteiger partial charge on any atom is -0.396 e.